The van der Waals surface area contributed by atoms with Gasteiger partial charge in [0.1, 0.15) is 11.5 Å². The van der Waals surface area contributed by atoms with E-state index in [1.807, 2.05) is 12.1 Å². The SMILES string of the molecule is CC(C)(C)c1cc(NC(=O)c2ccccc2F)cc(-c2nnc(-c3ccn[nH]3)o2)c1. The number of aromatic amines is 1. The number of nitrogens with one attached hydrogen (secondary N) is 2. The van der Waals surface area contributed by atoms with E-state index >= 15 is 0 Å². The number of amides is 1. The highest BCUT2D eigenvalue weighted by Gasteiger charge is 2.20. The Kier molecular flexibility index (Phi) is 4.91. The van der Waals surface area contributed by atoms with Crippen LogP contribution < -0.4 is 5.32 Å². The van der Waals surface area contributed by atoms with Gasteiger partial charge in [-0.15, -0.1) is 10.2 Å². The summed E-state index contributed by atoms with van der Waals surface area (Å²) in [4.78, 5) is 12.6. The van der Waals surface area contributed by atoms with Crippen LogP contribution in [0.2, 0.25) is 0 Å². The predicted molar refractivity (Wildman–Crippen MR) is 110 cm³/mol. The zero-order valence-electron chi connectivity index (χ0n) is 16.7. The fourth-order valence-corrected chi connectivity index (χ4v) is 2.92. The molecule has 2 aromatic heterocycles. The average Bonchev–Trinajstić information content (AvgIpc) is 3.39. The van der Waals surface area contributed by atoms with Crippen molar-refractivity contribution in [1.82, 2.24) is 20.4 Å². The maximum absolute atomic E-state index is 14.0. The van der Waals surface area contributed by atoms with Gasteiger partial charge in [0, 0.05) is 17.4 Å². The van der Waals surface area contributed by atoms with Crippen LogP contribution in [-0.2, 0) is 5.41 Å². The summed E-state index contributed by atoms with van der Waals surface area (Å²) < 4.78 is 19.8. The number of halogens is 1. The Balaban J connectivity index is 1.71. The molecular formula is C22H20FN5O2. The maximum atomic E-state index is 14.0. The summed E-state index contributed by atoms with van der Waals surface area (Å²) in [5.74, 6) is -0.509. The van der Waals surface area contributed by atoms with Crippen molar-refractivity contribution < 1.29 is 13.6 Å². The Morgan fingerprint density at radius 2 is 1.83 bits per heavy atom. The number of nitrogens with zero attached hydrogens (tertiary/aromatic N) is 3. The van der Waals surface area contributed by atoms with Gasteiger partial charge in [0.25, 0.3) is 11.8 Å². The molecule has 0 bridgehead atoms. The Hall–Kier alpha value is -3.81. The van der Waals surface area contributed by atoms with Gasteiger partial charge in [0.2, 0.25) is 5.89 Å². The van der Waals surface area contributed by atoms with E-state index in [1.54, 1.807) is 24.4 Å². The highest BCUT2D eigenvalue weighted by Crippen LogP contribution is 2.32. The standard InChI is InChI=1S/C22H20FN5O2/c1-22(2,3)14-10-13(20-27-28-21(30-20)18-8-9-24-26-18)11-15(12-14)25-19(29)16-6-4-5-7-17(16)23/h4-12H,1-3H3,(H,24,26)(H,25,29). The van der Waals surface area contributed by atoms with Crippen molar-refractivity contribution in [2.24, 2.45) is 0 Å². The minimum atomic E-state index is -0.580. The van der Waals surface area contributed by atoms with E-state index in [0.717, 1.165) is 5.56 Å². The molecule has 2 heterocycles. The maximum Gasteiger partial charge on any atom is 0.266 e. The van der Waals surface area contributed by atoms with Crippen LogP contribution in [0.25, 0.3) is 23.0 Å². The minimum Gasteiger partial charge on any atom is -0.415 e. The van der Waals surface area contributed by atoms with E-state index in [9.17, 15) is 9.18 Å². The largest absolute Gasteiger partial charge is 0.415 e. The van der Waals surface area contributed by atoms with Crippen LogP contribution in [0.15, 0.2) is 59.1 Å². The van der Waals surface area contributed by atoms with Crippen molar-refractivity contribution in [3.63, 3.8) is 0 Å². The molecule has 0 spiro atoms. The van der Waals surface area contributed by atoms with Crippen molar-refractivity contribution >= 4 is 11.6 Å². The average molecular weight is 405 g/mol. The number of carbonyl (C=O) groups is 1. The highest BCUT2D eigenvalue weighted by molar-refractivity contribution is 6.04. The summed E-state index contributed by atoms with van der Waals surface area (Å²) in [6.45, 7) is 6.16. The quantitative estimate of drug-likeness (QED) is 0.508. The first-order chi connectivity index (χ1) is 14.3. The van der Waals surface area contributed by atoms with Gasteiger partial charge in [-0.2, -0.15) is 5.10 Å². The monoisotopic (exact) mass is 405 g/mol. The van der Waals surface area contributed by atoms with Crippen molar-refractivity contribution in [2.45, 2.75) is 26.2 Å². The Morgan fingerprint density at radius 3 is 2.53 bits per heavy atom. The van der Waals surface area contributed by atoms with Gasteiger partial charge < -0.3 is 9.73 Å². The first-order valence-corrected chi connectivity index (χ1v) is 9.36. The van der Waals surface area contributed by atoms with Gasteiger partial charge >= 0.3 is 0 Å². The third-order valence-electron chi connectivity index (χ3n) is 4.58. The topological polar surface area (TPSA) is 96.7 Å². The van der Waals surface area contributed by atoms with Crippen molar-refractivity contribution in [3.05, 3.63) is 71.7 Å². The molecule has 0 atom stereocenters. The lowest BCUT2D eigenvalue weighted by Crippen LogP contribution is -2.16. The highest BCUT2D eigenvalue weighted by atomic mass is 19.1. The molecule has 1 amide bonds. The Bertz CT molecular complexity index is 1190. The number of hydrogen-bond donors (Lipinski definition) is 2. The van der Waals surface area contributed by atoms with Crippen LogP contribution in [0.1, 0.15) is 36.7 Å². The number of rotatable bonds is 4. The summed E-state index contributed by atoms with van der Waals surface area (Å²) >= 11 is 0. The number of H-pyrrole nitrogens is 1. The molecule has 4 aromatic rings. The Labute approximate surface area is 172 Å². The van der Waals surface area contributed by atoms with Gasteiger partial charge in [0.05, 0.1) is 5.56 Å². The predicted octanol–water partition coefficient (Wildman–Crippen LogP) is 4.82. The third kappa shape index (κ3) is 3.98. The Morgan fingerprint density at radius 1 is 1.07 bits per heavy atom. The third-order valence-corrected chi connectivity index (χ3v) is 4.58. The molecule has 7 nitrogen and oxygen atoms in total. The first-order valence-electron chi connectivity index (χ1n) is 9.36. The fraction of sp³-hybridized carbons (Fsp3) is 0.182. The van der Waals surface area contributed by atoms with Gasteiger partial charge in [-0.05, 0) is 47.4 Å². The normalized spacial score (nSPS) is 11.5. The lowest BCUT2D eigenvalue weighted by Gasteiger charge is -2.21. The zero-order chi connectivity index (χ0) is 21.3. The second kappa shape index (κ2) is 7.55. The van der Waals surface area contributed by atoms with E-state index in [2.05, 4.69) is 46.5 Å². The summed E-state index contributed by atoms with van der Waals surface area (Å²) in [5, 5.41) is 17.6. The molecule has 30 heavy (non-hydrogen) atoms. The van der Waals surface area contributed by atoms with Gasteiger partial charge in [-0.3, -0.25) is 9.89 Å². The van der Waals surface area contributed by atoms with Crippen LogP contribution in [0, 0.1) is 5.82 Å². The van der Waals surface area contributed by atoms with Crippen LogP contribution in [0.4, 0.5) is 10.1 Å². The van der Waals surface area contributed by atoms with Crippen molar-refractivity contribution in [2.75, 3.05) is 5.32 Å². The minimum absolute atomic E-state index is 0.0282. The van der Waals surface area contributed by atoms with Gasteiger partial charge in [0.15, 0.2) is 0 Å². The number of carbonyl (C=O) groups excluding carboxylic acids is 1. The van der Waals surface area contributed by atoms with E-state index < -0.39 is 11.7 Å². The lowest BCUT2D eigenvalue weighted by atomic mass is 9.85. The summed E-state index contributed by atoms with van der Waals surface area (Å²) in [6.07, 6.45) is 1.59. The molecule has 0 aliphatic rings. The molecule has 4 rings (SSSR count). The number of anilines is 1. The molecule has 0 saturated carbocycles. The van der Waals surface area contributed by atoms with Crippen LogP contribution >= 0.6 is 0 Å². The molecule has 0 fully saturated rings. The number of hydrogen-bond acceptors (Lipinski definition) is 5. The first kappa shape index (κ1) is 19.5. The van der Waals surface area contributed by atoms with Crippen LogP contribution in [-0.4, -0.2) is 26.3 Å². The van der Waals surface area contributed by atoms with Crippen molar-refractivity contribution in [1.29, 1.82) is 0 Å². The van der Waals surface area contributed by atoms with Crippen LogP contribution in [0.3, 0.4) is 0 Å². The molecule has 0 aliphatic carbocycles. The lowest BCUT2D eigenvalue weighted by molar-refractivity contribution is 0.102. The summed E-state index contributed by atoms with van der Waals surface area (Å²) in [5.41, 5.74) is 2.47. The van der Waals surface area contributed by atoms with Gasteiger partial charge in [-0.25, -0.2) is 4.39 Å². The molecule has 0 unspecified atom stereocenters. The van der Waals surface area contributed by atoms with E-state index in [4.69, 9.17) is 4.42 Å². The molecule has 0 radical (unpaired) electrons. The summed E-state index contributed by atoms with van der Waals surface area (Å²) in [6, 6.07) is 13.1. The molecule has 2 N–H and O–H groups in total. The second-order valence-corrected chi connectivity index (χ2v) is 7.87. The second-order valence-electron chi connectivity index (χ2n) is 7.87. The fourth-order valence-electron chi connectivity index (χ4n) is 2.92. The summed E-state index contributed by atoms with van der Waals surface area (Å²) in [7, 11) is 0. The van der Waals surface area contributed by atoms with E-state index in [0.29, 0.717) is 28.7 Å². The zero-order valence-corrected chi connectivity index (χ0v) is 16.7. The molecule has 2 aromatic carbocycles. The van der Waals surface area contributed by atoms with Crippen molar-refractivity contribution in [3.8, 4) is 23.0 Å². The molecule has 152 valence electrons. The molecule has 8 heteroatoms. The van der Waals surface area contributed by atoms with E-state index in [1.165, 1.54) is 18.2 Å². The molecular weight excluding hydrogens is 385 g/mol. The van der Waals surface area contributed by atoms with E-state index in [-0.39, 0.29) is 11.0 Å². The molecule has 0 saturated heterocycles. The van der Waals surface area contributed by atoms with Gasteiger partial charge in [-0.1, -0.05) is 32.9 Å². The number of benzene rings is 2. The molecule has 0 aliphatic heterocycles. The smallest absolute Gasteiger partial charge is 0.266 e. The van der Waals surface area contributed by atoms with Crippen LogP contribution in [0.5, 0.6) is 0 Å². The number of aromatic nitrogens is 4.